The van der Waals surface area contributed by atoms with E-state index in [1.54, 1.807) is 0 Å². The molecule has 1 atom stereocenters. The van der Waals surface area contributed by atoms with Gasteiger partial charge in [-0.3, -0.25) is 9.59 Å². The van der Waals surface area contributed by atoms with Crippen LogP contribution in [0.15, 0.2) is 0 Å². The first kappa shape index (κ1) is 15.5. The number of nitrogens with one attached hydrogen (secondary N) is 2. The summed E-state index contributed by atoms with van der Waals surface area (Å²) in [5.74, 6) is 3.32. The molecule has 128 valence electrons. The van der Waals surface area contributed by atoms with Crippen LogP contribution >= 0.6 is 0 Å². The third-order valence-electron chi connectivity index (χ3n) is 6.86. The number of amides is 2. The molecule has 5 fully saturated rings. The highest BCUT2D eigenvalue weighted by atomic mass is 16.2. The van der Waals surface area contributed by atoms with Gasteiger partial charge in [-0.15, -0.1) is 0 Å². The van der Waals surface area contributed by atoms with Crippen molar-refractivity contribution in [1.82, 2.24) is 10.6 Å². The van der Waals surface area contributed by atoms with Crippen LogP contribution in [0.2, 0.25) is 0 Å². The molecule has 5 aliphatic carbocycles. The van der Waals surface area contributed by atoms with Crippen molar-refractivity contribution >= 4 is 11.8 Å². The van der Waals surface area contributed by atoms with Gasteiger partial charge in [-0.2, -0.15) is 0 Å². The summed E-state index contributed by atoms with van der Waals surface area (Å²) >= 11 is 0. The Hall–Kier alpha value is -1.06. The summed E-state index contributed by atoms with van der Waals surface area (Å²) < 4.78 is 0. The summed E-state index contributed by atoms with van der Waals surface area (Å²) in [6.45, 7) is 2.20. The van der Waals surface area contributed by atoms with Crippen molar-refractivity contribution in [3.8, 4) is 0 Å². The predicted molar refractivity (Wildman–Crippen MR) is 88.6 cm³/mol. The van der Waals surface area contributed by atoms with Gasteiger partial charge < -0.3 is 10.6 Å². The van der Waals surface area contributed by atoms with Crippen molar-refractivity contribution in [3.05, 3.63) is 0 Å². The third kappa shape index (κ3) is 3.41. The van der Waals surface area contributed by atoms with E-state index in [-0.39, 0.29) is 29.8 Å². The molecular formula is C19H30N2O2. The molecule has 4 heteroatoms. The van der Waals surface area contributed by atoms with Crippen LogP contribution in [-0.4, -0.2) is 24.4 Å². The molecule has 2 amide bonds. The second kappa shape index (κ2) is 5.78. The standard InChI is InChI=1S/C19H30N2O2/c1-12(16-2-3-16)21-18(23)11-20-17(22)10-19-7-13-4-14(8-19)6-15(5-13)9-19/h12-16H,2-11H2,1H3,(H,20,22)(H,21,23). The average Bonchev–Trinajstić information content (AvgIpc) is 3.27. The van der Waals surface area contributed by atoms with Crippen LogP contribution in [0.4, 0.5) is 0 Å². The molecule has 4 nitrogen and oxygen atoms in total. The van der Waals surface area contributed by atoms with Crippen LogP contribution in [0.3, 0.4) is 0 Å². The van der Waals surface area contributed by atoms with Crippen LogP contribution in [0, 0.1) is 29.1 Å². The topological polar surface area (TPSA) is 58.2 Å². The maximum Gasteiger partial charge on any atom is 0.239 e. The fourth-order valence-electron chi connectivity index (χ4n) is 6.11. The minimum atomic E-state index is -0.0386. The highest BCUT2D eigenvalue weighted by molar-refractivity contribution is 5.85. The van der Waals surface area contributed by atoms with Crippen LogP contribution < -0.4 is 10.6 Å². The molecule has 0 aromatic rings. The Morgan fingerprint density at radius 2 is 1.57 bits per heavy atom. The first-order chi connectivity index (χ1) is 11.0. The Bertz CT molecular complexity index is 462. The normalized spacial score (nSPS) is 39.1. The summed E-state index contributed by atoms with van der Waals surface area (Å²) in [6.07, 6.45) is 11.0. The lowest BCUT2D eigenvalue weighted by Crippen LogP contribution is -2.49. The maximum atomic E-state index is 12.4. The molecule has 5 saturated carbocycles. The van der Waals surface area contributed by atoms with Crippen molar-refractivity contribution in [1.29, 1.82) is 0 Å². The molecule has 0 aliphatic heterocycles. The number of carbonyl (C=O) groups excluding carboxylic acids is 2. The molecule has 5 rings (SSSR count). The van der Waals surface area contributed by atoms with E-state index in [2.05, 4.69) is 17.6 Å². The SMILES string of the molecule is CC(NC(=O)CNC(=O)CC12CC3CC(CC(C3)C1)C2)C1CC1. The quantitative estimate of drug-likeness (QED) is 0.791. The van der Waals surface area contributed by atoms with Gasteiger partial charge in [0.2, 0.25) is 11.8 Å². The second-order valence-electron chi connectivity index (χ2n) is 9.06. The highest BCUT2D eigenvalue weighted by Gasteiger charge is 2.51. The van der Waals surface area contributed by atoms with E-state index in [4.69, 9.17) is 0 Å². The van der Waals surface area contributed by atoms with Gasteiger partial charge in [0.05, 0.1) is 6.54 Å². The molecule has 5 aliphatic rings. The molecule has 4 bridgehead atoms. The van der Waals surface area contributed by atoms with Gasteiger partial charge in [0.25, 0.3) is 0 Å². The van der Waals surface area contributed by atoms with Gasteiger partial charge in [-0.25, -0.2) is 0 Å². The van der Waals surface area contributed by atoms with Gasteiger partial charge >= 0.3 is 0 Å². The molecule has 0 aromatic carbocycles. The van der Waals surface area contributed by atoms with Gasteiger partial charge in [0, 0.05) is 12.5 Å². The number of hydrogen-bond acceptors (Lipinski definition) is 2. The lowest BCUT2D eigenvalue weighted by atomic mass is 9.49. The van der Waals surface area contributed by atoms with E-state index in [0.29, 0.717) is 12.3 Å². The Morgan fingerprint density at radius 1 is 1.00 bits per heavy atom. The Morgan fingerprint density at radius 3 is 2.09 bits per heavy atom. The van der Waals surface area contributed by atoms with Crippen molar-refractivity contribution in [2.24, 2.45) is 29.1 Å². The van der Waals surface area contributed by atoms with Crippen LogP contribution in [0.25, 0.3) is 0 Å². The lowest BCUT2D eigenvalue weighted by Gasteiger charge is -2.56. The molecule has 0 heterocycles. The number of hydrogen-bond donors (Lipinski definition) is 2. The Kier molecular flexibility index (Phi) is 3.89. The zero-order valence-electron chi connectivity index (χ0n) is 14.3. The molecule has 2 N–H and O–H groups in total. The van der Waals surface area contributed by atoms with E-state index in [1.165, 1.54) is 51.4 Å². The summed E-state index contributed by atoms with van der Waals surface area (Å²) in [4.78, 5) is 24.3. The third-order valence-corrected chi connectivity index (χ3v) is 6.86. The van der Waals surface area contributed by atoms with E-state index in [0.717, 1.165) is 17.8 Å². The predicted octanol–water partition coefficient (Wildman–Crippen LogP) is 2.62. The average molecular weight is 318 g/mol. The summed E-state index contributed by atoms with van der Waals surface area (Å²) in [7, 11) is 0. The van der Waals surface area contributed by atoms with Crippen molar-refractivity contribution in [2.75, 3.05) is 6.54 Å². The Labute approximate surface area is 139 Å². The number of carbonyl (C=O) groups is 2. The van der Waals surface area contributed by atoms with E-state index in [1.807, 2.05) is 0 Å². The van der Waals surface area contributed by atoms with Gasteiger partial charge in [0.1, 0.15) is 0 Å². The first-order valence-corrected chi connectivity index (χ1v) is 9.57. The van der Waals surface area contributed by atoms with Gasteiger partial charge in [-0.1, -0.05) is 0 Å². The fourth-order valence-corrected chi connectivity index (χ4v) is 6.11. The molecule has 0 spiro atoms. The van der Waals surface area contributed by atoms with Crippen LogP contribution in [0.1, 0.15) is 64.7 Å². The van der Waals surface area contributed by atoms with Crippen LogP contribution in [-0.2, 0) is 9.59 Å². The zero-order valence-corrected chi connectivity index (χ0v) is 14.3. The summed E-state index contributed by atoms with van der Waals surface area (Å²) in [5, 5.41) is 5.87. The zero-order chi connectivity index (χ0) is 16.0. The highest BCUT2D eigenvalue weighted by Crippen LogP contribution is 2.61. The Balaban J connectivity index is 1.24. The summed E-state index contributed by atoms with van der Waals surface area (Å²) in [5.41, 5.74) is 0.261. The largest absolute Gasteiger partial charge is 0.352 e. The van der Waals surface area contributed by atoms with Crippen molar-refractivity contribution in [3.63, 3.8) is 0 Å². The van der Waals surface area contributed by atoms with Gasteiger partial charge in [-0.05, 0) is 87.4 Å². The molecule has 1 unspecified atom stereocenters. The summed E-state index contributed by atoms with van der Waals surface area (Å²) in [6, 6.07) is 0.252. The number of rotatable bonds is 6. The van der Waals surface area contributed by atoms with Crippen molar-refractivity contribution < 1.29 is 9.59 Å². The minimum Gasteiger partial charge on any atom is -0.352 e. The van der Waals surface area contributed by atoms with Gasteiger partial charge in [0.15, 0.2) is 0 Å². The van der Waals surface area contributed by atoms with E-state index >= 15 is 0 Å². The molecule has 0 aromatic heterocycles. The lowest BCUT2D eigenvalue weighted by molar-refractivity contribution is -0.132. The molecule has 23 heavy (non-hydrogen) atoms. The van der Waals surface area contributed by atoms with Crippen molar-refractivity contribution in [2.45, 2.75) is 70.8 Å². The fraction of sp³-hybridized carbons (Fsp3) is 0.895. The van der Waals surface area contributed by atoms with E-state index in [9.17, 15) is 9.59 Å². The monoisotopic (exact) mass is 318 g/mol. The smallest absolute Gasteiger partial charge is 0.239 e. The van der Waals surface area contributed by atoms with E-state index < -0.39 is 0 Å². The minimum absolute atomic E-state index is 0.0386. The maximum absolute atomic E-state index is 12.4. The molecular weight excluding hydrogens is 288 g/mol. The molecule has 0 saturated heterocycles. The second-order valence-corrected chi connectivity index (χ2v) is 9.06. The van der Waals surface area contributed by atoms with Crippen LogP contribution in [0.5, 0.6) is 0 Å². The first-order valence-electron chi connectivity index (χ1n) is 9.57. The molecule has 0 radical (unpaired) electrons.